The minimum atomic E-state index is -0.424. The number of aliphatic hydroxyl groups is 2. The standard InChI is InChI=1S/C10H23N2O2/c1-3-9(13)12(10(14)4-2)7-5-11-6-8-12/h9-11,13-14H,3-8H2,1-2H3/q+1. The van der Waals surface area contributed by atoms with Gasteiger partial charge in [-0.25, -0.2) is 0 Å². The number of rotatable bonds is 4. The summed E-state index contributed by atoms with van der Waals surface area (Å²) >= 11 is 0. The summed E-state index contributed by atoms with van der Waals surface area (Å²) in [7, 11) is 0. The maximum absolute atomic E-state index is 10.0. The summed E-state index contributed by atoms with van der Waals surface area (Å²) in [5.41, 5.74) is 0. The normalized spacial score (nSPS) is 25.7. The lowest BCUT2D eigenvalue weighted by Gasteiger charge is -2.47. The van der Waals surface area contributed by atoms with E-state index in [0.717, 1.165) is 26.2 Å². The van der Waals surface area contributed by atoms with Crippen LogP contribution >= 0.6 is 0 Å². The molecular weight excluding hydrogens is 180 g/mol. The van der Waals surface area contributed by atoms with Crippen molar-refractivity contribution in [2.24, 2.45) is 0 Å². The smallest absolute Gasteiger partial charge is 0.192 e. The Morgan fingerprint density at radius 3 is 1.86 bits per heavy atom. The number of quaternary nitrogens is 1. The van der Waals surface area contributed by atoms with E-state index >= 15 is 0 Å². The van der Waals surface area contributed by atoms with Crippen LogP contribution in [0.15, 0.2) is 0 Å². The van der Waals surface area contributed by atoms with Crippen molar-refractivity contribution in [2.75, 3.05) is 26.2 Å². The van der Waals surface area contributed by atoms with Crippen LogP contribution in [0.4, 0.5) is 0 Å². The van der Waals surface area contributed by atoms with E-state index in [9.17, 15) is 10.2 Å². The van der Waals surface area contributed by atoms with Crippen LogP contribution < -0.4 is 5.32 Å². The Hall–Kier alpha value is -0.160. The number of nitrogens with zero attached hydrogens (tertiary/aromatic N) is 1. The van der Waals surface area contributed by atoms with Gasteiger partial charge in [0, 0.05) is 25.9 Å². The first-order chi connectivity index (χ1) is 6.67. The lowest BCUT2D eigenvalue weighted by atomic mass is 10.1. The molecule has 1 saturated heterocycles. The minimum absolute atomic E-state index is 0.424. The van der Waals surface area contributed by atoms with Crippen molar-refractivity contribution in [2.45, 2.75) is 39.1 Å². The van der Waals surface area contributed by atoms with Gasteiger partial charge in [-0.15, -0.1) is 0 Å². The molecule has 0 amide bonds. The highest BCUT2D eigenvalue weighted by molar-refractivity contribution is 4.61. The summed E-state index contributed by atoms with van der Waals surface area (Å²) in [6.07, 6.45) is 0.563. The van der Waals surface area contributed by atoms with Gasteiger partial charge in [0.2, 0.25) is 0 Å². The van der Waals surface area contributed by atoms with Crippen molar-refractivity contribution >= 4 is 0 Å². The number of hydrogen-bond acceptors (Lipinski definition) is 3. The number of aliphatic hydroxyl groups excluding tert-OH is 2. The first-order valence-corrected chi connectivity index (χ1v) is 5.60. The highest BCUT2D eigenvalue weighted by Gasteiger charge is 2.41. The van der Waals surface area contributed by atoms with Crippen LogP contribution in [0.1, 0.15) is 26.7 Å². The molecule has 0 aromatic carbocycles. The topological polar surface area (TPSA) is 52.5 Å². The Kier molecular flexibility index (Phi) is 4.31. The Morgan fingerprint density at radius 2 is 1.50 bits per heavy atom. The zero-order valence-electron chi connectivity index (χ0n) is 9.24. The fourth-order valence-electron chi connectivity index (χ4n) is 2.33. The average Bonchev–Trinajstić information content (AvgIpc) is 2.27. The number of piperazine rings is 1. The van der Waals surface area contributed by atoms with E-state index in [4.69, 9.17) is 0 Å². The average molecular weight is 203 g/mol. The molecule has 3 N–H and O–H groups in total. The second kappa shape index (κ2) is 5.07. The molecule has 0 aromatic heterocycles. The van der Waals surface area contributed by atoms with Crippen molar-refractivity contribution in [1.29, 1.82) is 0 Å². The maximum atomic E-state index is 10.0. The number of nitrogens with one attached hydrogen (secondary N) is 1. The molecule has 1 aliphatic heterocycles. The fraction of sp³-hybridized carbons (Fsp3) is 1.00. The SMILES string of the molecule is CCC(O)[N+]1(C(O)CC)CCNCC1. The summed E-state index contributed by atoms with van der Waals surface area (Å²) in [6, 6.07) is 0. The Labute approximate surface area is 86.1 Å². The van der Waals surface area contributed by atoms with Crippen LogP contribution in [-0.2, 0) is 0 Å². The molecule has 14 heavy (non-hydrogen) atoms. The van der Waals surface area contributed by atoms with Gasteiger partial charge in [0.15, 0.2) is 12.5 Å². The van der Waals surface area contributed by atoms with E-state index < -0.39 is 12.5 Å². The molecule has 1 fully saturated rings. The lowest BCUT2D eigenvalue weighted by Crippen LogP contribution is -2.67. The van der Waals surface area contributed by atoms with E-state index in [1.807, 2.05) is 13.8 Å². The Balaban J connectivity index is 2.76. The summed E-state index contributed by atoms with van der Waals surface area (Å²) in [5.74, 6) is 0. The molecule has 0 bridgehead atoms. The predicted molar refractivity (Wildman–Crippen MR) is 55.5 cm³/mol. The Morgan fingerprint density at radius 1 is 1.07 bits per heavy atom. The quantitative estimate of drug-likeness (QED) is 0.558. The minimum Gasteiger partial charge on any atom is -0.345 e. The van der Waals surface area contributed by atoms with Gasteiger partial charge in [0.25, 0.3) is 0 Å². The molecule has 1 heterocycles. The summed E-state index contributed by atoms with van der Waals surface area (Å²) in [5, 5.41) is 23.3. The van der Waals surface area contributed by atoms with Crippen LogP contribution in [0.2, 0.25) is 0 Å². The second-order valence-electron chi connectivity index (χ2n) is 4.08. The van der Waals surface area contributed by atoms with Crippen molar-refractivity contribution in [1.82, 2.24) is 5.32 Å². The molecule has 0 radical (unpaired) electrons. The molecule has 4 heteroatoms. The fourth-order valence-corrected chi connectivity index (χ4v) is 2.33. The van der Waals surface area contributed by atoms with E-state index in [0.29, 0.717) is 17.3 Å². The highest BCUT2D eigenvalue weighted by Crippen LogP contribution is 2.21. The third kappa shape index (κ3) is 2.08. The lowest BCUT2D eigenvalue weighted by molar-refractivity contribution is -1.01. The molecule has 0 saturated carbocycles. The third-order valence-corrected chi connectivity index (χ3v) is 3.33. The molecule has 0 spiro atoms. The first kappa shape index (κ1) is 11.9. The predicted octanol–water partition coefficient (Wildman–Crippen LogP) is -0.137. The van der Waals surface area contributed by atoms with Crippen LogP contribution in [0.5, 0.6) is 0 Å². The third-order valence-electron chi connectivity index (χ3n) is 3.33. The molecule has 2 unspecified atom stereocenters. The van der Waals surface area contributed by atoms with Crippen molar-refractivity contribution in [3.8, 4) is 0 Å². The monoisotopic (exact) mass is 203 g/mol. The zero-order chi connectivity index (χ0) is 10.6. The van der Waals surface area contributed by atoms with Gasteiger partial charge in [-0.2, -0.15) is 0 Å². The van der Waals surface area contributed by atoms with Crippen LogP contribution in [0.25, 0.3) is 0 Å². The van der Waals surface area contributed by atoms with E-state index in [2.05, 4.69) is 5.32 Å². The van der Waals surface area contributed by atoms with Crippen molar-refractivity contribution in [3.05, 3.63) is 0 Å². The van der Waals surface area contributed by atoms with Gasteiger partial charge in [-0.05, 0) is 0 Å². The molecular formula is C10H23N2O2+. The van der Waals surface area contributed by atoms with Crippen LogP contribution in [-0.4, -0.2) is 53.3 Å². The molecule has 4 nitrogen and oxygen atoms in total. The van der Waals surface area contributed by atoms with Crippen molar-refractivity contribution in [3.63, 3.8) is 0 Å². The van der Waals surface area contributed by atoms with E-state index in [-0.39, 0.29) is 0 Å². The molecule has 1 aliphatic rings. The molecule has 1 rings (SSSR count). The van der Waals surface area contributed by atoms with Gasteiger partial charge in [-0.3, -0.25) is 4.48 Å². The largest absolute Gasteiger partial charge is 0.345 e. The van der Waals surface area contributed by atoms with E-state index in [1.165, 1.54) is 0 Å². The molecule has 0 aliphatic carbocycles. The Bertz CT molecular complexity index is 158. The zero-order valence-corrected chi connectivity index (χ0v) is 9.24. The maximum Gasteiger partial charge on any atom is 0.192 e. The van der Waals surface area contributed by atoms with Gasteiger partial charge in [0.05, 0.1) is 13.1 Å². The first-order valence-electron chi connectivity index (χ1n) is 5.60. The molecule has 84 valence electrons. The van der Waals surface area contributed by atoms with Crippen LogP contribution in [0, 0.1) is 0 Å². The number of hydrogen-bond donors (Lipinski definition) is 3. The summed E-state index contributed by atoms with van der Waals surface area (Å²) in [6.45, 7) is 7.35. The van der Waals surface area contributed by atoms with E-state index in [1.54, 1.807) is 0 Å². The molecule has 0 aromatic rings. The van der Waals surface area contributed by atoms with Gasteiger partial charge in [0.1, 0.15) is 0 Å². The second-order valence-corrected chi connectivity index (χ2v) is 4.08. The van der Waals surface area contributed by atoms with Crippen LogP contribution in [0.3, 0.4) is 0 Å². The summed E-state index contributed by atoms with van der Waals surface area (Å²) < 4.78 is 0.458. The highest BCUT2D eigenvalue weighted by atomic mass is 16.3. The van der Waals surface area contributed by atoms with Gasteiger partial charge >= 0.3 is 0 Å². The van der Waals surface area contributed by atoms with Gasteiger partial charge < -0.3 is 15.5 Å². The van der Waals surface area contributed by atoms with Crippen molar-refractivity contribution < 1.29 is 14.7 Å². The van der Waals surface area contributed by atoms with Gasteiger partial charge in [-0.1, -0.05) is 13.8 Å². The molecule has 2 atom stereocenters. The summed E-state index contributed by atoms with van der Waals surface area (Å²) in [4.78, 5) is 0.